The van der Waals surface area contributed by atoms with E-state index in [1.54, 1.807) is 12.1 Å². The van der Waals surface area contributed by atoms with Crippen LogP contribution in [0.3, 0.4) is 0 Å². The molecular weight excluding hydrogens is 364 g/mol. The smallest absolute Gasteiger partial charge is 0.340 e. The average Bonchev–Trinajstić information content (AvgIpc) is 2.77. The molecule has 0 bridgehead atoms. The molecule has 0 fully saturated rings. The Balaban J connectivity index is 1.47. The van der Waals surface area contributed by atoms with Crippen LogP contribution in [0.25, 0.3) is 21.9 Å². The number of carbonyl (C=O) groups is 1. The number of rotatable bonds is 7. The number of para-hydroxylation sites is 1. The SMILES string of the molecule is O=C(O)c1c(OCCOc2ccccc2-c2ccccc2)ccc2ccccc12. The third kappa shape index (κ3) is 4.06. The van der Waals surface area contributed by atoms with Gasteiger partial charge in [-0.25, -0.2) is 4.79 Å². The fourth-order valence-electron chi connectivity index (χ4n) is 3.34. The van der Waals surface area contributed by atoms with Gasteiger partial charge in [-0.1, -0.05) is 78.9 Å². The van der Waals surface area contributed by atoms with Crippen molar-refractivity contribution in [3.63, 3.8) is 0 Å². The first-order chi connectivity index (χ1) is 14.2. The van der Waals surface area contributed by atoms with Crippen LogP contribution in [0.2, 0.25) is 0 Å². The third-order valence-corrected chi connectivity index (χ3v) is 4.67. The van der Waals surface area contributed by atoms with E-state index in [0.29, 0.717) is 17.7 Å². The Morgan fingerprint density at radius 2 is 1.34 bits per heavy atom. The van der Waals surface area contributed by atoms with Gasteiger partial charge in [-0.05, 0) is 28.5 Å². The van der Waals surface area contributed by atoms with Gasteiger partial charge in [0.2, 0.25) is 0 Å². The first kappa shape index (κ1) is 18.6. The molecule has 0 aromatic heterocycles. The fourth-order valence-corrected chi connectivity index (χ4v) is 3.34. The van der Waals surface area contributed by atoms with Crippen LogP contribution in [0, 0.1) is 0 Å². The lowest BCUT2D eigenvalue weighted by Gasteiger charge is -2.14. The fraction of sp³-hybridized carbons (Fsp3) is 0.0800. The van der Waals surface area contributed by atoms with Crippen LogP contribution in [-0.4, -0.2) is 24.3 Å². The van der Waals surface area contributed by atoms with E-state index >= 15 is 0 Å². The monoisotopic (exact) mass is 384 g/mol. The normalized spacial score (nSPS) is 10.6. The highest BCUT2D eigenvalue weighted by molar-refractivity contribution is 6.06. The molecule has 4 aromatic carbocycles. The summed E-state index contributed by atoms with van der Waals surface area (Å²) in [5.74, 6) is 0.0996. The van der Waals surface area contributed by atoms with E-state index in [1.807, 2.05) is 78.9 Å². The summed E-state index contributed by atoms with van der Waals surface area (Å²) >= 11 is 0. The van der Waals surface area contributed by atoms with E-state index < -0.39 is 5.97 Å². The molecular formula is C25H20O4. The van der Waals surface area contributed by atoms with Crippen molar-refractivity contribution in [3.8, 4) is 22.6 Å². The average molecular weight is 384 g/mol. The number of carboxylic acid groups (broad SMARTS) is 1. The molecule has 0 saturated heterocycles. The zero-order valence-electron chi connectivity index (χ0n) is 15.7. The Labute approximate surface area is 169 Å². The quantitative estimate of drug-likeness (QED) is 0.418. The van der Waals surface area contributed by atoms with Crippen molar-refractivity contribution in [2.75, 3.05) is 13.2 Å². The molecule has 0 aliphatic carbocycles. The van der Waals surface area contributed by atoms with Crippen molar-refractivity contribution in [1.82, 2.24) is 0 Å². The van der Waals surface area contributed by atoms with Crippen LogP contribution >= 0.6 is 0 Å². The summed E-state index contributed by atoms with van der Waals surface area (Å²) in [5.41, 5.74) is 2.25. The van der Waals surface area contributed by atoms with Crippen LogP contribution in [0.4, 0.5) is 0 Å². The maximum absolute atomic E-state index is 11.8. The summed E-state index contributed by atoms with van der Waals surface area (Å²) in [5, 5.41) is 11.2. The number of ether oxygens (including phenoxy) is 2. The predicted octanol–water partition coefficient (Wildman–Crippen LogP) is 5.66. The second kappa shape index (κ2) is 8.48. The van der Waals surface area contributed by atoms with Crippen LogP contribution in [0.1, 0.15) is 10.4 Å². The van der Waals surface area contributed by atoms with Gasteiger partial charge in [0.1, 0.15) is 30.3 Å². The van der Waals surface area contributed by atoms with Crippen molar-refractivity contribution < 1.29 is 19.4 Å². The maximum Gasteiger partial charge on any atom is 0.340 e. The molecule has 4 aromatic rings. The molecule has 29 heavy (non-hydrogen) atoms. The third-order valence-electron chi connectivity index (χ3n) is 4.67. The lowest BCUT2D eigenvalue weighted by atomic mass is 10.0. The molecule has 4 rings (SSSR count). The first-order valence-corrected chi connectivity index (χ1v) is 9.39. The minimum absolute atomic E-state index is 0.174. The van der Waals surface area contributed by atoms with E-state index in [1.165, 1.54) is 0 Å². The largest absolute Gasteiger partial charge is 0.489 e. The van der Waals surface area contributed by atoms with Gasteiger partial charge in [-0.15, -0.1) is 0 Å². The molecule has 0 heterocycles. The Hall–Kier alpha value is -3.79. The maximum atomic E-state index is 11.8. The van der Waals surface area contributed by atoms with E-state index in [0.717, 1.165) is 22.3 Å². The zero-order chi connectivity index (χ0) is 20.1. The highest BCUT2D eigenvalue weighted by atomic mass is 16.5. The molecule has 0 unspecified atom stereocenters. The van der Waals surface area contributed by atoms with Crippen molar-refractivity contribution in [1.29, 1.82) is 0 Å². The van der Waals surface area contributed by atoms with Crippen LogP contribution in [0.15, 0.2) is 91.0 Å². The summed E-state index contributed by atoms with van der Waals surface area (Å²) < 4.78 is 11.7. The Morgan fingerprint density at radius 1 is 0.690 bits per heavy atom. The van der Waals surface area contributed by atoms with Gasteiger partial charge in [-0.3, -0.25) is 0 Å². The second-order valence-electron chi connectivity index (χ2n) is 6.52. The molecule has 144 valence electrons. The van der Waals surface area contributed by atoms with Gasteiger partial charge in [-0.2, -0.15) is 0 Å². The highest BCUT2D eigenvalue weighted by Gasteiger charge is 2.15. The van der Waals surface area contributed by atoms with Gasteiger partial charge >= 0.3 is 5.97 Å². The Morgan fingerprint density at radius 3 is 2.14 bits per heavy atom. The number of carboxylic acids is 1. The van der Waals surface area contributed by atoms with E-state index in [2.05, 4.69) is 0 Å². The lowest BCUT2D eigenvalue weighted by Crippen LogP contribution is -2.12. The van der Waals surface area contributed by atoms with Gasteiger partial charge in [0.15, 0.2) is 0 Å². The molecule has 4 heteroatoms. The van der Waals surface area contributed by atoms with Crippen molar-refractivity contribution >= 4 is 16.7 Å². The molecule has 1 N–H and O–H groups in total. The molecule has 0 saturated carbocycles. The number of hydrogen-bond donors (Lipinski definition) is 1. The number of fused-ring (bicyclic) bond motifs is 1. The second-order valence-corrected chi connectivity index (χ2v) is 6.52. The predicted molar refractivity (Wildman–Crippen MR) is 114 cm³/mol. The molecule has 4 nitrogen and oxygen atoms in total. The van der Waals surface area contributed by atoms with Gasteiger partial charge in [0.05, 0.1) is 0 Å². The summed E-state index contributed by atoms with van der Waals surface area (Å²) in [6.07, 6.45) is 0. The topological polar surface area (TPSA) is 55.8 Å². The van der Waals surface area contributed by atoms with E-state index in [-0.39, 0.29) is 12.2 Å². The van der Waals surface area contributed by atoms with Crippen molar-refractivity contribution in [2.45, 2.75) is 0 Å². The minimum Gasteiger partial charge on any atom is -0.489 e. The lowest BCUT2D eigenvalue weighted by molar-refractivity contribution is 0.0693. The number of benzene rings is 4. The van der Waals surface area contributed by atoms with Gasteiger partial charge in [0.25, 0.3) is 0 Å². The molecule has 0 radical (unpaired) electrons. The van der Waals surface area contributed by atoms with E-state index in [9.17, 15) is 9.90 Å². The molecule has 0 spiro atoms. The van der Waals surface area contributed by atoms with Crippen LogP contribution in [-0.2, 0) is 0 Å². The van der Waals surface area contributed by atoms with E-state index in [4.69, 9.17) is 9.47 Å². The summed E-state index contributed by atoms with van der Waals surface area (Å²) in [4.78, 5) is 11.8. The summed E-state index contributed by atoms with van der Waals surface area (Å²) in [6.45, 7) is 0.539. The number of aromatic carboxylic acids is 1. The molecule has 0 amide bonds. The minimum atomic E-state index is -1.01. The summed E-state index contributed by atoms with van der Waals surface area (Å²) in [6, 6.07) is 28.8. The molecule has 0 aliphatic heterocycles. The summed E-state index contributed by atoms with van der Waals surface area (Å²) in [7, 11) is 0. The van der Waals surface area contributed by atoms with Crippen molar-refractivity contribution in [2.24, 2.45) is 0 Å². The standard InChI is InChI=1S/C25H20O4/c26-25(27)24-21-12-5-4-10-19(21)14-15-23(24)29-17-16-28-22-13-7-6-11-20(22)18-8-2-1-3-9-18/h1-15H,16-17H2,(H,26,27). The molecule has 0 aliphatic rings. The van der Waals surface area contributed by atoms with Crippen LogP contribution in [0.5, 0.6) is 11.5 Å². The Bertz CT molecular complexity index is 1140. The highest BCUT2D eigenvalue weighted by Crippen LogP contribution is 2.30. The first-order valence-electron chi connectivity index (χ1n) is 9.39. The van der Waals surface area contributed by atoms with Gasteiger partial charge in [0, 0.05) is 5.56 Å². The molecule has 0 atom stereocenters. The van der Waals surface area contributed by atoms with Gasteiger partial charge < -0.3 is 14.6 Å². The Kier molecular flexibility index (Phi) is 5.43. The van der Waals surface area contributed by atoms with Crippen molar-refractivity contribution in [3.05, 3.63) is 96.6 Å². The number of hydrogen-bond acceptors (Lipinski definition) is 3. The zero-order valence-corrected chi connectivity index (χ0v) is 15.7. The van der Waals surface area contributed by atoms with Crippen LogP contribution < -0.4 is 9.47 Å².